The summed E-state index contributed by atoms with van der Waals surface area (Å²) in [7, 11) is 0. The summed E-state index contributed by atoms with van der Waals surface area (Å²) in [5, 5.41) is 0. The molecule has 0 aromatic heterocycles. The fourth-order valence-electron chi connectivity index (χ4n) is 1.27. The third kappa shape index (κ3) is 1.50. The molecule has 0 saturated carbocycles. The lowest BCUT2D eigenvalue weighted by atomic mass is 9.79. The molecule has 1 atom stereocenters. The molecule has 0 radical (unpaired) electrons. The summed E-state index contributed by atoms with van der Waals surface area (Å²) < 4.78 is 0. The van der Waals surface area contributed by atoms with E-state index in [4.69, 9.17) is 5.73 Å². The lowest BCUT2D eigenvalue weighted by molar-refractivity contribution is -0.114. The van der Waals surface area contributed by atoms with Crippen LogP contribution in [0.25, 0.3) is 0 Å². The van der Waals surface area contributed by atoms with E-state index in [2.05, 4.69) is 0 Å². The third-order valence-corrected chi connectivity index (χ3v) is 2.16. The van der Waals surface area contributed by atoms with Gasteiger partial charge < -0.3 is 10.5 Å². The normalized spacial score (nSPS) is 29.7. The molecule has 0 saturated heterocycles. The van der Waals surface area contributed by atoms with Crippen LogP contribution < -0.4 is 5.73 Å². The van der Waals surface area contributed by atoms with Gasteiger partial charge in [-0.05, 0) is 12.5 Å². The molecule has 0 amide bonds. The second kappa shape index (κ2) is 2.91. The number of nitrogens with two attached hydrogens (primary N) is 1. The zero-order valence-corrected chi connectivity index (χ0v) is 6.71. The van der Waals surface area contributed by atoms with Crippen molar-refractivity contribution in [1.29, 1.82) is 0 Å². The Hall–Kier alpha value is -1.05. The highest BCUT2D eigenvalue weighted by Gasteiger charge is 2.26. The van der Waals surface area contributed by atoms with E-state index in [1.807, 2.05) is 25.2 Å². The Morgan fingerprint density at radius 3 is 2.91 bits per heavy atom. The average molecular weight is 151 g/mol. The quantitative estimate of drug-likeness (QED) is 0.606. The van der Waals surface area contributed by atoms with Crippen molar-refractivity contribution in [3.8, 4) is 0 Å². The molecular formula is C9H13NO. The van der Waals surface area contributed by atoms with E-state index in [9.17, 15) is 4.79 Å². The minimum Gasteiger partial charge on any atom is -0.402 e. The predicted molar refractivity (Wildman–Crippen MR) is 44.8 cm³/mol. The molecule has 1 unspecified atom stereocenters. The van der Waals surface area contributed by atoms with Gasteiger partial charge in [-0.25, -0.2) is 0 Å². The van der Waals surface area contributed by atoms with E-state index in [1.54, 1.807) is 0 Å². The molecule has 1 aliphatic rings. The van der Waals surface area contributed by atoms with Crippen molar-refractivity contribution in [3.63, 3.8) is 0 Å². The van der Waals surface area contributed by atoms with Crippen LogP contribution in [0.4, 0.5) is 0 Å². The monoisotopic (exact) mass is 151 g/mol. The van der Waals surface area contributed by atoms with Crippen molar-refractivity contribution in [3.05, 3.63) is 23.9 Å². The molecule has 2 N–H and O–H groups in total. The summed E-state index contributed by atoms with van der Waals surface area (Å²) in [5.74, 6) is 0. The maximum Gasteiger partial charge on any atom is 0.130 e. The Kier molecular flexibility index (Phi) is 2.13. The van der Waals surface area contributed by atoms with Crippen molar-refractivity contribution in [2.45, 2.75) is 19.8 Å². The third-order valence-electron chi connectivity index (χ3n) is 2.16. The van der Waals surface area contributed by atoms with Crippen LogP contribution in [0.15, 0.2) is 23.9 Å². The van der Waals surface area contributed by atoms with E-state index >= 15 is 0 Å². The first kappa shape index (κ1) is 8.05. The molecule has 2 heteroatoms. The molecule has 1 rings (SSSR count). The summed E-state index contributed by atoms with van der Waals surface area (Å²) in [6, 6.07) is 0. The molecule has 2 nitrogen and oxygen atoms in total. The molecule has 60 valence electrons. The Morgan fingerprint density at radius 2 is 2.55 bits per heavy atom. The number of allylic oxidation sites excluding steroid dienone is 4. The van der Waals surface area contributed by atoms with Crippen molar-refractivity contribution >= 4 is 6.29 Å². The standard InChI is InChI=1S/C9H13NO/c1-2-9(7-11)5-3-4-8(10)6-9/h3-5,7H,2,6,10H2,1H3. The van der Waals surface area contributed by atoms with Crippen LogP contribution in [0.5, 0.6) is 0 Å². The van der Waals surface area contributed by atoms with Gasteiger partial charge in [0.05, 0.1) is 0 Å². The van der Waals surface area contributed by atoms with Gasteiger partial charge in [-0.3, -0.25) is 0 Å². The number of hydrogen-bond donors (Lipinski definition) is 1. The number of rotatable bonds is 2. The predicted octanol–water partition coefficient (Wildman–Crippen LogP) is 1.38. The van der Waals surface area contributed by atoms with Crippen molar-refractivity contribution in [2.24, 2.45) is 11.1 Å². The lowest BCUT2D eigenvalue weighted by Gasteiger charge is -2.24. The second-order valence-electron chi connectivity index (χ2n) is 2.98. The Morgan fingerprint density at radius 1 is 1.82 bits per heavy atom. The molecular weight excluding hydrogens is 138 g/mol. The number of carbonyl (C=O) groups is 1. The summed E-state index contributed by atoms with van der Waals surface area (Å²) in [6.07, 6.45) is 8.11. The van der Waals surface area contributed by atoms with Gasteiger partial charge in [-0.2, -0.15) is 0 Å². The Bertz CT molecular complexity index is 218. The molecule has 0 aromatic rings. The van der Waals surface area contributed by atoms with Crippen LogP contribution in [0.1, 0.15) is 19.8 Å². The van der Waals surface area contributed by atoms with Crippen LogP contribution >= 0.6 is 0 Å². The smallest absolute Gasteiger partial charge is 0.130 e. The number of hydrogen-bond acceptors (Lipinski definition) is 2. The Labute approximate surface area is 66.8 Å². The molecule has 0 heterocycles. The lowest BCUT2D eigenvalue weighted by Crippen LogP contribution is -2.23. The minimum atomic E-state index is -0.321. The van der Waals surface area contributed by atoms with E-state index in [-0.39, 0.29) is 5.41 Å². The molecule has 0 aliphatic heterocycles. The van der Waals surface area contributed by atoms with Gasteiger partial charge >= 0.3 is 0 Å². The van der Waals surface area contributed by atoms with Crippen molar-refractivity contribution in [2.75, 3.05) is 0 Å². The van der Waals surface area contributed by atoms with E-state index in [0.717, 1.165) is 18.4 Å². The first-order valence-electron chi connectivity index (χ1n) is 3.82. The Balaban J connectivity index is 2.83. The highest BCUT2D eigenvalue weighted by Crippen LogP contribution is 2.30. The van der Waals surface area contributed by atoms with Gasteiger partial charge in [-0.15, -0.1) is 0 Å². The fraction of sp³-hybridized carbons (Fsp3) is 0.444. The highest BCUT2D eigenvalue weighted by atomic mass is 16.1. The molecule has 0 aromatic carbocycles. The van der Waals surface area contributed by atoms with E-state index < -0.39 is 0 Å². The molecule has 0 fully saturated rings. The van der Waals surface area contributed by atoms with Gasteiger partial charge in [0.15, 0.2) is 0 Å². The van der Waals surface area contributed by atoms with Gasteiger partial charge in [0, 0.05) is 17.5 Å². The first-order valence-corrected chi connectivity index (χ1v) is 3.82. The average Bonchev–Trinajstić information content (AvgIpc) is 2.04. The van der Waals surface area contributed by atoms with Crippen LogP contribution in [-0.2, 0) is 4.79 Å². The summed E-state index contributed by atoms with van der Waals surface area (Å²) in [6.45, 7) is 2.00. The maximum atomic E-state index is 10.7. The largest absolute Gasteiger partial charge is 0.402 e. The highest BCUT2D eigenvalue weighted by molar-refractivity contribution is 5.64. The maximum absolute atomic E-state index is 10.7. The van der Waals surface area contributed by atoms with Gasteiger partial charge in [0.25, 0.3) is 0 Å². The van der Waals surface area contributed by atoms with E-state index in [0.29, 0.717) is 6.42 Å². The van der Waals surface area contributed by atoms with Crippen LogP contribution in [-0.4, -0.2) is 6.29 Å². The zero-order chi connectivity index (χ0) is 8.32. The summed E-state index contributed by atoms with van der Waals surface area (Å²) >= 11 is 0. The summed E-state index contributed by atoms with van der Waals surface area (Å²) in [5.41, 5.74) is 6.08. The van der Waals surface area contributed by atoms with Crippen molar-refractivity contribution < 1.29 is 4.79 Å². The summed E-state index contributed by atoms with van der Waals surface area (Å²) in [4.78, 5) is 10.7. The van der Waals surface area contributed by atoms with Gasteiger partial charge in [-0.1, -0.05) is 19.1 Å². The first-order chi connectivity index (χ1) is 5.22. The van der Waals surface area contributed by atoms with Crippen LogP contribution in [0.2, 0.25) is 0 Å². The van der Waals surface area contributed by atoms with Gasteiger partial charge in [0.1, 0.15) is 6.29 Å². The second-order valence-corrected chi connectivity index (χ2v) is 2.98. The molecule has 11 heavy (non-hydrogen) atoms. The number of aldehydes is 1. The molecule has 0 spiro atoms. The SMILES string of the molecule is CCC1(C=O)C=CC=C(N)C1. The molecule has 0 bridgehead atoms. The molecule has 1 aliphatic carbocycles. The van der Waals surface area contributed by atoms with Crippen LogP contribution in [0, 0.1) is 5.41 Å². The zero-order valence-electron chi connectivity index (χ0n) is 6.71. The van der Waals surface area contributed by atoms with Crippen LogP contribution in [0.3, 0.4) is 0 Å². The topological polar surface area (TPSA) is 43.1 Å². The number of carbonyl (C=O) groups excluding carboxylic acids is 1. The van der Waals surface area contributed by atoms with Gasteiger partial charge in [0.2, 0.25) is 0 Å². The minimum absolute atomic E-state index is 0.321. The van der Waals surface area contributed by atoms with E-state index in [1.165, 1.54) is 0 Å². The fourth-order valence-corrected chi connectivity index (χ4v) is 1.27. The van der Waals surface area contributed by atoms with Crippen molar-refractivity contribution in [1.82, 2.24) is 0 Å².